The van der Waals surface area contributed by atoms with Crippen molar-refractivity contribution in [1.82, 2.24) is 15.4 Å². The Morgan fingerprint density at radius 2 is 2.17 bits per heavy atom. The van der Waals surface area contributed by atoms with E-state index in [1.54, 1.807) is 12.1 Å². The molecule has 1 aromatic carbocycles. The number of hydrogen-bond acceptors (Lipinski definition) is 4. The summed E-state index contributed by atoms with van der Waals surface area (Å²) in [5.41, 5.74) is 2.41. The standard InChI is InChI=1S/C19H24FN3O/c1-14-11-17(22-24-14)12-23-10-8-19(7-2-9-21-13-19)18(23)15-3-5-16(20)6-4-15/h3-6,11,18,21H,2,7-10,12-13H2,1H3. The van der Waals surface area contributed by atoms with Crippen LogP contribution in [0.1, 0.15) is 42.3 Å². The van der Waals surface area contributed by atoms with Crippen molar-refractivity contribution in [3.05, 3.63) is 53.2 Å². The van der Waals surface area contributed by atoms with Gasteiger partial charge in [-0.1, -0.05) is 17.3 Å². The minimum atomic E-state index is -0.175. The molecule has 4 nitrogen and oxygen atoms in total. The highest BCUT2D eigenvalue weighted by Crippen LogP contribution is 2.51. The van der Waals surface area contributed by atoms with Crippen LogP contribution in [-0.2, 0) is 6.54 Å². The molecular weight excluding hydrogens is 305 g/mol. The van der Waals surface area contributed by atoms with E-state index < -0.39 is 0 Å². The van der Waals surface area contributed by atoms with Crippen LogP contribution in [0.2, 0.25) is 0 Å². The first kappa shape index (κ1) is 15.8. The Bertz CT molecular complexity index is 691. The molecule has 1 N–H and O–H groups in total. The van der Waals surface area contributed by atoms with Gasteiger partial charge in [0.05, 0.1) is 5.69 Å². The molecule has 4 rings (SSSR count). The van der Waals surface area contributed by atoms with Crippen LogP contribution in [0.25, 0.3) is 0 Å². The first-order chi connectivity index (χ1) is 11.7. The molecule has 2 saturated heterocycles. The third-order valence-corrected chi connectivity index (χ3v) is 5.57. The van der Waals surface area contributed by atoms with Crippen LogP contribution in [0.3, 0.4) is 0 Å². The SMILES string of the molecule is Cc1cc(CN2CCC3(CCCNC3)C2c2ccc(F)cc2)no1. The number of rotatable bonds is 3. The van der Waals surface area contributed by atoms with Gasteiger partial charge in [-0.3, -0.25) is 4.90 Å². The van der Waals surface area contributed by atoms with Crippen molar-refractivity contribution < 1.29 is 8.91 Å². The van der Waals surface area contributed by atoms with Gasteiger partial charge in [0.25, 0.3) is 0 Å². The molecule has 1 aromatic heterocycles. The molecule has 0 amide bonds. The van der Waals surface area contributed by atoms with Gasteiger partial charge in [0.1, 0.15) is 11.6 Å². The zero-order valence-electron chi connectivity index (χ0n) is 14.1. The summed E-state index contributed by atoms with van der Waals surface area (Å²) in [4.78, 5) is 2.48. The summed E-state index contributed by atoms with van der Waals surface area (Å²) < 4.78 is 18.6. The van der Waals surface area contributed by atoms with Crippen LogP contribution in [0.4, 0.5) is 4.39 Å². The normalized spacial score (nSPS) is 27.8. The number of piperidine rings is 1. The van der Waals surface area contributed by atoms with Crippen LogP contribution in [-0.4, -0.2) is 29.7 Å². The van der Waals surface area contributed by atoms with E-state index in [4.69, 9.17) is 4.52 Å². The number of nitrogens with zero attached hydrogens (tertiary/aromatic N) is 2. The van der Waals surface area contributed by atoms with Gasteiger partial charge < -0.3 is 9.84 Å². The lowest BCUT2D eigenvalue weighted by atomic mass is 9.72. The average Bonchev–Trinajstić information content (AvgIpc) is 3.14. The van der Waals surface area contributed by atoms with Crippen LogP contribution in [0, 0.1) is 18.2 Å². The van der Waals surface area contributed by atoms with E-state index >= 15 is 0 Å². The lowest BCUT2D eigenvalue weighted by Gasteiger charge is -2.41. The zero-order valence-corrected chi connectivity index (χ0v) is 14.1. The van der Waals surface area contributed by atoms with Gasteiger partial charge in [-0.2, -0.15) is 0 Å². The number of halogens is 1. The third-order valence-electron chi connectivity index (χ3n) is 5.57. The molecule has 3 heterocycles. The summed E-state index contributed by atoms with van der Waals surface area (Å²) in [7, 11) is 0. The molecule has 2 aliphatic rings. The molecule has 0 radical (unpaired) electrons. The summed E-state index contributed by atoms with van der Waals surface area (Å²) in [5, 5.41) is 7.75. The van der Waals surface area contributed by atoms with E-state index in [2.05, 4.69) is 15.4 Å². The minimum Gasteiger partial charge on any atom is -0.361 e. The van der Waals surface area contributed by atoms with Gasteiger partial charge in [-0.15, -0.1) is 0 Å². The molecule has 2 aliphatic heterocycles. The number of hydrogen-bond donors (Lipinski definition) is 1. The number of benzene rings is 1. The van der Waals surface area contributed by atoms with Crippen molar-refractivity contribution in [3.63, 3.8) is 0 Å². The first-order valence-electron chi connectivity index (χ1n) is 8.79. The molecule has 0 saturated carbocycles. The molecule has 5 heteroatoms. The Kier molecular flexibility index (Phi) is 4.14. The van der Waals surface area contributed by atoms with Crippen molar-refractivity contribution in [2.45, 2.75) is 38.8 Å². The number of aromatic nitrogens is 1. The zero-order chi connectivity index (χ0) is 16.6. The predicted octanol–water partition coefficient (Wildman–Crippen LogP) is 3.44. The monoisotopic (exact) mass is 329 g/mol. The highest BCUT2D eigenvalue weighted by molar-refractivity contribution is 5.25. The van der Waals surface area contributed by atoms with E-state index in [-0.39, 0.29) is 11.2 Å². The van der Waals surface area contributed by atoms with Crippen molar-refractivity contribution in [3.8, 4) is 0 Å². The van der Waals surface area contributed by atoms with E-state index in [1.165, 1.54) is 24.8 Å². The van der Waals surface area contributed by atoms with Crippen LogP contribution < -0.4 is 5.32 Å². The van der Waals surface area contributed by atoms with Gasteiger partial charge in [0.15, 0.2) is 0 Å². The number of nitrogens with one attached hydrogen (secondary N) is 1. The maximum atomic E-state index is 13.4. The fourth-order valence-corrected chi connectivity index (χ4v) is 4.54. The Morgan fingerprint density at radius 1 is 1.33 bits per heavy atom. The van der Waals surface area contributed by atoms with Crippen molar-refractivity contribution in [2.75, 3.05) is 19.6 Å². The molecule has 2 aromatic rings. The molecule has 0 bridgehead atoms. The Balaban J connectivity index is 1.66. The highest BCUT2D eigenvalue weighted by atomic mass is 19.1. The summed E-state index contributed by atoms with van der Waals surface area (Å²) in [5.74, 6) is 0.669. The van der Waals surface area contributed by atoms with Crippen molar-refractivity contribution >= 4 is 0 Å². The second-order valence-corrected chi connectivity index (χ2v) is 7.25. The van der Waals surface area contributed by atoms with Gasteiger partial charge in [0.2, 0.25) is 0 Å². The van der Waals surface area contributed by atoms with E-state index in [1.807, 2.05) is 25.1 Å². The maximum Gasteiger partial charge on any atom is 0.133 e. The summed E-state index contributed by atoms with van der Waals surface area (Å²) in [6, 6.07) is 9.35. The van der Waals surface area contributed by atoms with Crippen LogP contribution in [0.5, 0.6) is 0 Å². The molecule has 2 unspecified atom stereocenters. The minimum absolute atomic E-state index is 0.175. The number of aryl methyl sites for hydroxylation is 1. The smallest absolute Gasteiger partial charge is 0.133 e. The molecule has 24 heavy (non-hydrogen) atoms. The summed E-state index contributed by atoms with van der Waals surface area (Å²) >= 11 is 0. The molecule has 128 valence electrons. The average molecular weight is 329 g/mol. The highest BCUT2D eigenvalue weighted by Gasteiger charge is 2.48. The third kappa shape index (κ3) is 2.87. The van der Waals surface area contributed by atoms with Crippen LogP contribution >= 0.6 is 0 Å². The van der Waals surface area contributed by atoms with Crippen LogP contribution in [0.15, 0.2) is 34.9 Å². The molecule has 2 fully saturated rings. The second-order valence-electron chi connectivity index (χ2n) is 7.25. The quantitative estimate of drug-likeness (QED) is 0.936. The maximum absolute atomic E-state index is 13.4. The van der Waals surface area contributed by atoms with Crippen molar-refractivity contribution in [2.24, 2.45) is 5.41 Å². The fourth-order valence-electron chi connectivity index (χ4n) is 4.54. The van der Waals surface area contributed by atoms with E-state index in [0.717, 1.165) is 37.6 Å². The molecular formula is C19H24FN3O. The summed E-state index contributed by atoms with van der Waals surface area (Å²) in [6.45, 7) is 5.87. The topological polar surface area (TPSA) is 41.3 Å². The lowest BCUT2D eigenvalue weighted by molar-refractivity contribution is 0.114. The second kappa shape index (κ2) is 6.30. The lowest BCUT2D eigenvalue weighted by Crippen LogP contribution is -2.43. The van der Waals surface area contributed by atoms with E-state index in [9.17, 15) is 4.39 Å². The van der Waals surface area contributed by atoms with Gasteiger partial charge in [-0.25, -0.2) is 4.39 Å². The number of likely N-dealkylation sites (tertiary alicyclic amines) is 1. The molecule has 0 aliphatic carbocycles. The fraction of sp³-hybridized carbons (Fsp3) is 0.526. The Labute approximate surface area is 142 Å². The van der Waals surface area contributed by atoms with E-state index in [0.29, 0.717) is 6.04 Å². The van der Waals surface area contributed by atoms with Gasteiger partial charge in [-0.05, 0) is 57.0 Å². The Hall–Kier alpha value is -1.72. The molecule has 2 atom stereocenters. The first-order valence-corrected chi connectivity index (χ1v) is 8.79. The Morgan fingerprint density at radius 3 is 2.83 bits per heavy atom. The van der Waals surface area contributed by atoms with Gasteiger partial charge >= 0.3 is 0 Å². The predicted molar refractivity (Wildman–Crippen MR) is 89.9 cm³/mol. The van der Waals surface area contributed by atoms with Crippen molar-refractivity contribution in [1.29, 1.82) is 0 Å². The van der Waals surface area contributed by atoms with Gasteiger partial charge in [0, 0.05) is 30.6 Å². The molecule has 1 spiro atoms. The largest absolute Gasteiger partial charge is 0.361 e. The summed E-state index contributed by atoms with van der Waals surface area (Å²) in [6.07, 6.45) is 3.59.